The van der Waals surface area contributed by atoms with Crippen molar-refractivity contribution in [3.63, 3.8) is 0 Å². The Balaban J connectivity index is 0.000000303. The number of aliphatic hydroxyl groups excluding tert-OH is 1. The van der Waals surface area contributed by atoms with Gasteiger partial charge in [0.25, 0.3) is 0 Å². The van der Waals surface area contributed by atoms with Crippen LogP contribution in [0.15, 0.2) is 96.8 Å². The Kier molecular flexibility index (Phi) is 6.74. The Bertz CT molecular complexity index is 1570. The van der Waals surface area contributed by atoms with E-state index >= 15 is 0 Å². The molecule has 1 N–H and O–H groups in total. The first-order valence-corrected chi connectivity index (χ1v) is 10.8. The second-order valence-corrected chi connectivity index (χ2v) is 8.16. The number of benzene rings is 4. The van der Waals surface area contributed by atoms with Gasteiger partial charge in [0.1, 0.15) is 0 Å². The summed E-state index contributed by atoms with van der Waals surface area (Å²) in [6, 6.07) is 33.4. The van der Waals surface area contributed by atoms with E-state index in [1.807, 2.05) is 0 Å². The quantitative estimate of drug-likeness (QED) is 0.124. The number of aromatic nitrogens is 1. The predicted octanol–water partition coefficient (Wildman–Crippen LogP) is 7.54. The molecular formula is C30H22IrNO2-. The molecule has 169 valence electrons. The first-order chi connectivity index (χ1) is 16.0. The van der Waals surface area contributed by atoms with Gasteiger partial charge in [-0.15, -0.1) is 29.7 Å². The molecule has 5 aromatic rings. The molecule has 0 bridgehead atoms. The first-order valence-electron chi connectivity index (χ1n) is 10.8. The molecule has 34 heavy (non-hydrogen) atoms. The molecular weight excluding hydrogens is 599 g/mol. The molecule has 0 spiro atoms. The van der Waals surface area contributed by atoms with Crippen LogP contribution in [0.1, 0.15) is 13.8 Å². The number of fused-ring (bicyclic) bond motifs is 4. The van der Waals surface area contributed by atoms with Gasteiger partial charge in [0.2, 0.25) is 0 Å². The first kappa shape index (κ1) is 23.6. The summed E-state index contributed by atoms with van der Waals surface area (Å²) in [5.74, 6) is -0.0625. The molecule has 0 saturated heterocycles. The Morgan fingerprint density at radius 1 is 0.824 bits per heavy atom. The summed E-state index contributed by atoms with van der Waals surface area (Å²) in [6.45, 7) is 2.85. The smallest absolute Gasteiger partial charge is 0.155 e. The van der Waals surface area contributed by atoms with E-state index < -0.39 is 0 Å². The van der Waals surface area contributed by atoms with E-state index in [1.54, 1.807) is 0 Å². The van der Waals surface area contributed by atoms with Crippen molar-refractivity contribution >= 4 is 27.5 Å². The van der Waals surface area contributed by atoms with Gasteiger partial charge in [-0.05, 0) is 42.2 Å². The summed E-state index contributed by atoms with van der Waals surface area (Å²) in [6.07, 6.45) is 1.17. The average Bonchev–Trinajstić information content (AvgIpc) is 3.14. The van der Waals surface area contributed by atoms with Crippen molar-refractivity contribution in [2.24, 2.45) is 0 Å². The van der Waals surface area contributed by atoms with Crippen LogP contribution < -0.4 is 0 Å². The summed E-state index contributed by atoms with van der Waals surface area (Å²) in [5, 5.41) is 12.0. The second kappa shape index (κ2) is 9.72. The second-order valence-electron chi connectivity index (χ2n) is 8.16. The Morgan fingerprint density at radius 3 is 2.21 bits per heavy atom. The normalized spacial score (nSPS) is 11.4. The number of rotatable bonds is 2. The third kappa shape index (κ3) is 4.43. The number of carbonyl (C=O) groups excluding carboxylic acids is 1. The Labute approximate surface area is 212 Å². The third-order valence-corrected chi connectivity index (χ3v) is 5.69. The number of nitrogens with zero attached hydrogens (tertiary/aromatic N) is 1. The Hall–Kier alpha value is -3.59. The van der Waals surface area contributed by atoms with Gasteiger partial charge in [0.15, 0.2) is 5.78 Å². The number of pyridine rings is 1. The third-order valence-electron chi connectivity index (χ3n) is 5.69. The zero-order valence-electron chi connectivity index (χ0n) is 18.8. The molecule has 6 rings (SSSR count). The molecule has 1 aliphatic rings. The predicted molar refractivity (Wildman–Crippen MR) is 135 cm³/mol. The molecule has 0 saturated carbocycles. The van der Waals surface area contributed by atoms with Gasteiger partial charge >= 0.3 is 0 Å². The van der Waals surface area contributed by atoms with E-state index in [1.165, 1.54) is 52.9 Å². The minimum absolute atomic E-state index is 0. The van der Waals surface area contributed by atoms with Gasteiger partial charge < -0.3 is 5.11 Å². The summed E-state index contributed by atoms with van der Waals surface area (Å²) in [5.41, 5.74) is 8.22. The van der Waals surface area contributed by atoms with Crippen LogP contribution in [0.2, 0.25) is 0 Å². The van der Waals surface area contributed by atoms with Crippen molar-refractivity contribution in [2.45, 2.75) is 13.8 Å². The van der Waals surface area contributed by atoms with Crippen LogP contribution >= 0.6 is 0 Å². The topological polar surface area (TPSA) is 50.2 Å². The number of ketones is 1. The largest absolute Gasteiger partial charge is 0.512 e. The van der Waals surface area contributed by atoms with Crippen molar-refractivity contribution in [3.05, 3.63) is 103 Å². The molecule has 0 fully saturated rings. The van der Waals surface area contributed by atoms with E-state index in [9.17, 15) is 4.79 Å². The van der Waals surface area contributed by atoms with E-state index in [0.29, 0.717) is 0 Å². The van der Waals surface area contributed by atoms with Crippen LogP contribution in [0.5, 0.6) is 0 Å². The van der Waals surface area contributed by atoms with Gasteiger partial charge in [-0.25, -0.2) is 0 Å². The van der Waals surface area contributed by atoms with Gasteiger partial charge in [-0.3, -0.25) is 9.78 Å². The van der Waals surface area contributed by atoms with Gasteiger partial charge in [-0.2, -0.15) is 0 Å². The molecule has 4 heteroatoms. The minimum Gasteiger partial charge on any atom is -0.512 e. The zero-order valence-corrected chi connectivity index (χ0v) is 21.2. The van der Waals surface area contributed by atoms with Crippen LogP contribution in [0.3, 0.4) is 0 Å². The van der Waals surface area contributed by atoms with Crippen LogP contribution in [0, 0.1) is 6.07 Å². The molecule has 0 aliphatic heterocycles. The fourth-order valence-electron chi connectivity index (χ4n) is 4.37. The summed E-state index contributed by atoms with van der Waals surface area (Å²) < 4.78 is 0. The standard InChI is InChI=1S/C25H14N.C5H8O2.Ir/c1-2-7-17-14-18(13-12-16(17)6-1)24-15-22-20-9-4-3-8-19(20)21-10-5-11-23(26-24)25(21)22;1-4(6)3-5(2)7;/h1-13,15H;3,6H,1-2H3;/q-1;;. The Morgan fingerprint density at radius 2 is 1.50 bits per heavy atom. The van der Waals surface area contributed by atoms with Gasteiger partial charge in [0, 0.05) is 37.3 Å². The van der Waals surface area contributed by atoms with Crippen molar-refractivity contribution in [2.75, 3.05) is 0 Å². The fraction of sp³-hybridized carbons (Fsp3) is 0.0667. The molecule has 0 amide bonds. The fourth-order valence-corrected chi connectivity index (χ4v) is 4.37. The van der Waals surface area contributed by atoms with Crippen LogP contribution in [0.25, 0.3) is 55.2 Å². The van der Waals surface area contributed by atoms with Gasteiger partial charge in [0.05, 0.1) is 11.3 Å². The number of allylic oxidation sites excluding steroid dienone is 2. The van der Waals surface area contributed by atoms with E-state index in [4.69, 9.17) is 10.1 Å². The SMILES string of the molecule is CC(=O)C=C(C)O.[Ir].[c-]1c(-c2cc3c4c(cccc4n2)-c2ccccc2-3)ccc2ccccc12. The van der Waals surface area contributed by atoms with Crippen LogP contribution in [0.4, 0.5) is 0 Å². The number of carbonyl (C=O) groups is 1. The molecule has 0 atom stereocenters. The monoisotopic (exact) mass is 621 g/mol. The van der Waals surface area contributed by atoms with Crippen LogP contribution in [-0.2, 0) is 24.9 Å². The number of hydrogen-bond donors (Lipinski definition) is 1. The molecule has 3 nitrogen and oxygen atoms in total. The van der Waals surface area contributed by atoms with E-state index in [2.05, 4.69) is 91.0 Å². The van der Waals surface area contributed by atoms with E-state index in [-0.39, 0.29) is 31.6 Å². The molecule has 1 heterocycles. The molecule has 1 aromatic heterocycles. The molecule has 1 aliphatic carbocycles. The molecule has 1 radical (unpaired) electrons. The minimum atomic E-state index is -0.125. The summed E-state index contributed by atoms with van der Waals surface area (Å²) >= 11 is 0. The molecule has 0 unspecified atom stereocenters. The molecule has 4 aromatic carbocycles. The van der Waals surface area contributed by atoms with Gasteiger partial charge in [-0.1, -0.05) is 71.6 Å². The maximum absolute atomic E-state index is 10.0. The van der Waals surface area contributed by atoms with Crippen molar-refractivity contribution in [1.29, 1.82) is 0 Å². The number of hydrogen-bond acceptors (Lipinski definition) is 3. The maximum Gasteiger partial charge on any atom is 0.155 e. The van der Waals surface area contributed by atoms with Crippen molar-refractivity contribution in [3.8, 4) is 33.5 Å². The summed E-state index contributed by atoms with van der Waals surface area (Å²) in [7, 11) is 0. The number of aliphatic hydroxyl groups is 1. The maximum atomic E-state index is 10.0. The van der Waals surface area contributed by atoms with Crippen LogP contribution in [-0.4, -0.2) is 15.9 Å². The van der Waals surface area contributed by atoms with Crippen molar-refractivity contribution < 1.29 is 30.0 Å². The zero-order chi connectivity index (χ0) is 22.9. The summed E-state index contributed by atoms with van der Waals surface area (Å²) in [4.78, 5) is 15.0. The average molecular weight is 621 g/mol. The van der Waals surface area contributed by atoms with E-state index in [0.717, 1.165) is 22.2 Å². The van der Waals surface area contributed by atoms with Crippen molar-refractivity contribution in [1.82, 2.24) is 4.98 Å².